The fraction of sp³-hybridized carbons (Fsp3) is 0.220. The second-order valence-electron chi connectivity index (χ2n) is 12.1. The summed E-state index contributed by atoms with van der Waals surface area (Å²) in [5, 5.41) is 3.62. The summed E-state index contributed by atoms with van der Waals surface area (Å²) in [6.07, 6.45) is 1.56. The molecule has 1 aromatic heterocycles. The van der Waals surface area contributed by atoms with Crippen molar-refractivity contribution in [1.82, 2.24) is 19.1 Å². The molecule has 10 heteroatoms. The van der Waals surface area contributed by atoms with Crippen LogP contribution in [0.15, 0.2) is 139 Å². The van der Waals surface area contributed by atoms with E-state index in [1.807, 2.05) is 59.5 Å². The SMILES string of the molecule is CCOC(=O)c1cccnc1SN(C(=O)c1ccccc1Nc1ccccc1)[C@H](C)C(=O)N1CCN(C(c2ccccc2)c2ccccc2)CC1. The number of nitrogens with zero attached hydrogens (tertiary/aromatic N) is 4. The molecule has 2 heterocycles. The van der Waals surface area contributed by atoms with Gasteiger partial charge in [-0.3, -0.25) is 18.8 Å². The predicted octanol–water partition coefficient (Wildman–Crippen LogP) is 7.47. The van der Waals surface area contributed by atoms with Crippen molar-refractivity contribution in [1.29, 1.82) is 0 Å². The minimum atomic E-state index is -0.894. The first-order valence-electron chi connectivity index (χ1n) is 17.1. The number of hydrogen-bond donors (Lipinski definition) is 1. The molecule has 1 aliphatic heterocycles. The van der Waals surface area contributed by atoms with Gasteiger partial charge in [0.15, 0.2) is 0 Å². The van der Waals surface area contributed by atoms with Gasteiger partial charge >= 0.3 is 5.97 Å². The van der Waals surface area contributed by atoms with Gasteiger partial charge in [0.25, 0.3) is 5.91 Å². The number of rotatable bonds is 12. The summed E-state index contributed by atoms with van der Waals surface area (Å²) in [4.78, 5) is 50.5. The molecule has 9 nitrogen and oxygen atoms in total. The van der Waals surface area contributed by atoms with Crippen LogP contribution in [0.4, 0.5) is 11.4 Å². The number of amides is 2. The molecule has 260 valence electrons. The Bertz CT molecular complexity index is 1880. The fourth-order valence-corrected chi connectivity index (χ4v) is 7.21. The van der Waals surface area contributed by atoms with Gasteiger partial charge in [0.05, 0.1) is 29.5 Å². The molecule has 5 aromatic rings. The van der Waals surface area contributed by atoms with Crippen molar-refractivity contribution in [3.05, 3.63) is 156 Å². The lowest BCUT2D eigenvalue weighted by Crippen LogP contribution is -2.54. The van der Waals surface area contributed by atoms with Crippen LogP contribution in [-0.4, -0.2) is 75.7 Å². The molecular formula is C41H41N5O4S. The van der Waals surface area contributed by atoms with Gasteiger partial charge in [0.2, 0.25) is 5.91 Å². The molecule has 0 bridgehead atoms. The summed E-state index contributed by atoms with van der Waals surface area (Å²) in [7, 11) is 0. The van der Waals surface area contributed by atoms with Crippen LogP contribution in [0.5, 0.6) is 0 Å². The van der Waals surface area contributed by atoms with E-state index in [0.29, 0.717) is 37.4 Å². The van der Waals surface area contributed by atoms with Gasteiger partial charge in [-0.1, -0.05) is 91.0 Å². The maximum absolute atomic E-state index is 14.6. The molecule has 6 rings (SSSR count). The van der Waals surface area contributed by atoms with Crippen LogP contribution in [0.2, 0.25) is 0 Å². The van der Waals surface area contributed by atoms with E-state index in [4.69, 9.17) is 4.74 Å². The minimum absolute atomic E-state index is 0.0507. The Balaban J connectivity index is 1.27. The summed E-state index contributed by atoms with van der Waals surface area (Å²) < 4.78 is 6.72. The van der Waals surface area contributed by atoms with Gasteiger partial charge in [-0.15, -0.1) is 0 Å². The Morgan fingerprint density at radius 3 is 1.96 bits per heavy atom. The Morgan fingerprint density at radius 1 is 0.765 bits per heavy atom. The van der Waals surface area contributed by atoms with Crippen LogP contribution in [0.25, 0.3) is 0 Å². The summed E-state index contributed by atoms with van der Waals surface area (Å²) >= 11 is 0.974. The van der Waals surface area contributed by atoms with Gasteiger partial charge in [-0.25, -0.2) is 9.78 Å². The van der Waals surface area contributed by atoms with Crippen LogP contribution < -0.4 is 5.32 Å². The van der Waals surface area contributed by atoms with E-state index in [1.165, 1.54) is 15.4 Å². The number of esters is 1. The highest BCUT2D eigenvalue weighted by Gasteiger charge is 2.36. The lowest BCUT2D eigenvalue weighted by atomic mass is 9.96. The first kappa shape index (κ1) is 35.4. The maximum Gasteiger partial charge on any atom is 0.340 e. The molecule has 51 heavy (non-hydrogen) atoms. The molecule has 0 aliphatic carbocycles. The number of anilines is 2. The van der Waals surface area contributed by atoms with Crippen molar-refractivity contribution in [2.24, 2.45) is 0 Å². The molecule has 1 atom stereocenters. The van der Waals surface area contributed by atoms with E-state index in [0.717, 1.165) is 17.6 Å². The van der Waals surface area contributed by atoms with E-state index in [1.54, 1.807) is 44.3 Å². The number of aromatic nitrogens is 1. The van der Waals surface area contributed by atoms with Crippen molar-refractivity contribution in [3.63, 3.8) is 0 Å². The van der Waals surface area contributed by atoms with Crippen LogP contribution in [0.1, 0.15) is 51.7 Å². The van der Waals surface area contributed by atoms with Crippen molar-refractivity contribution in [2.75, 3.05) is 38.1 Å². The second kappa shape index (κ2) is 17.0. The monoisotopic (exact) mass is 699 g/mol. The highest BCUT2D eigenvalue weighted by Crippen LogP contribution is 2.33. The Morgan fingerprint density at radius 2 is 1.33 bits per heavy atom. The normalized spacial score (nSPS) is 13.7. The fourth-order valence-electron chi connectivity index (χ4n) is 6.24. The number of pyridine rings is 1. The molecule has 4 aromatic carbocycles. The second-order valence-corrected chi connectivity index (χ2v) is 13.1. The van der Waals surface area contributed by atoms with Gasteiger partial charge in [-0.05, 0) is 61.4 Å². The number of carbonyl (C=O) groups is 3. The third-order valence-electron chi connectivity index (χ3n) is 8.79. The third kappa shape index (κ3) is 8.48. The van der Waals surface area contributed by atoms with Gasteiger partial charge in [-0.2, -0.15) is 0 Å². The number of piperazine rings is 1. The molecule has 1 saturated heterocycles. The quantitative estimate of drug-likeness (QED) is 0.106. The highest BCUT2D eigenvalue weighted by molar-refractivity contribution is 7.97. The summed E-state index contributed by atoms with van der Waals surface area (Å²) in [5.41, 5.74) is 4.39. The molecule has 1 fully saturated rings. The Kier molecular flexibility index (Phi) is 11.8. The van der Waals surface area contributed by atoms with E-state index < -0.39 is 17.9 Å². The summed E-state index contributed by atoms with van der Waals surface area (Å²) in [6, 6.07) is 40.0. The van der Waals surface area contributed by atoms with Crippen molar-refractivity contribution >= 4 is 41.1 Å². The van der Waals surface area contributed by atoms with E-state index >= 15 is 0 Å². The number of carbonyl (C=O) groups excluding carboxylic acids is 3. The molecule has 1 aliphatic rings. The van der Waals surface area contributed by atoms with Crippen molar-refractivity contribution in [3.8, 4) is 0 Å². The lowest BCUT2D eigenvalue weighted by molar-refractivity contribution is -0.136. The van der Waals surface area contributed by atoms with Crippen molar-refractivity contribution in [2.45, 2.75) is 31.0 Å². The molecule has 0 saturated carbocycles. The third-order valence-corrected chi connectivity index (χ3v) is 9.97. The number of hydrogen-bond acceptors (Lipinski definition) is 8. The number of para-hydroxylation sites is 2. The average molecular weight is 700 g/mol. The summed E-state index contributed by atoms with van der Waals surface area (Å²) in [5.74, 6) is -1.13. The van der Waals surface area contributed by atoms with Gasteiger partial charge < -0.3 is 15.0 Å². The molecule has 2 amide bonds. The minimum Gasteiger partial charge on any atom is -0.462 e. The van der Waals surface area contributed by atoms with E-state index in [9.17, 15) is 14.4 Å². The maximum atomic E-state index is 14.6. The molecule has 0 unspecified atom stereocenters. The zero-order valence-corrected chi connectivity index (χ0v) is 29.5. The van der Waals surface area contributed by atoms with Gasteiger partial charge in [0.1, 0.15) is 11.1 Å². The topological polar surface area (TPSA) is 95.1 Å². The number of ether oxygens (including phenoxy) is 1. The Labute approximate surface area is 303 Å². The smallest absolute Gasteiger partial charge is 0.340 e. The van der Waals surface area contributed by atoms with Crippen LogP contribution in [0, 0.1) is 0 Å². The molecule has 0 radical (unpaired) electrons. The zero-order valence-electron chi connectivity index (χ0n) is 28.7. The standard InChI is InChI=1S/C41H41N5O4S/c1-3-50-41(49)35-23-15-25-42-38(35)51-46(40(48)34-22-13-14-24-36(34)43-33-20-11-6-12-21-33)30(2)39(47)45-28-26-44(27-29-45)37(31-16-7-4-8-17-31)32-18-9-5-10-19-32/h4-25,30,37,43H,3,26-29H2,1-2H3/t30-/m1/s1. The highest BCUT2D eigenvalue weighted by atomic mass is 32.2. The van der Waals surface area contributed by atoms with E-state index in [-0.39, 0.29) is 29.1 Å². The first-order valence-corrected chi connectivity index (χ1v) is 17.9. The molecule has 1 N–H and O–H groups in total. The van der Waals surface area contributed by atoms with E-state index in [2.05, 4.69) is 63.7 Å². The average Bonchev–Trinajstić information content (AvgIpc) is 3.18. The van der Waals surface area contributed by atoms with Crippen LogP contribution in [0.3, 0.4) is 0 Å². The van der Waals surface area contributed by atoms with Crippen molar-refractivity contribution < 1.29 is 19.1 Å². The largest absolute Gasteiger partial charge is 0.462 e. The van der Waals surface area contributed by atoms with Crippen LogP contribution >= 0.6 is 11.9 Å². The van der Waals surface area contributed by atoms with Gasteiger partial charge in [0, 0.05) is 50.0 Å². The lowest BCUT2D eigenvalue weighted by Gasteiger charge is -2.41. The van der Waals surface area contributed by atoms with Crippen LogP contribution in [-0.2, 0) is 9.53 Å². The molecule has 0 spiro atoms. The zero-order chi connectivity index (χ0) is 35.6. The molecular weight excluding hydrogens is 659 g/mol. The summed E-state index contributed by atoms with van der Waals surface area (Å²) in [6.45, 7) is 5.96. The Hall–Kier alpha value is -5.45. The first-order chi connectivity index (χ1) is 24.9. The predicted molar refractivity (Wildman–Crippen MR) is 201 cm³/mol. The number of benzene rings is 4. The number of nitrogens with one attached hydrogen (secondary N) is 1.